The number of rotatable bonds is 1. The Morgan fingerprint density at radius 1 is 1.08 bits per heavy atom. The van der Waals surface area contributed by atoms with E-state index >= 15 is 0 Å². The molecule has 2 fully saturated rings. The third kappa shape index (κ3) is 2.21. The predicted octanol–water partition coefficient (Wildman–Crippen LogP) is 2.54. The summed E-state index contributed by atoms with van der Waals surface area (Å²) in [4.78, 5) is 0. The highest BCUT2D eigenvalue weighted by molar-refractivity contribution is 7.99. The van der Waals surface area contributed by atoms with Gasteiger partial charge in [-0.1, -0.05) is 19.8 Å². The number of thioether (sulfide) groups is 1. The van der Waals surface area contributed by atoms with E-state index in [4.69, 9.17) is 0 Å². The average Bonchev–Trinajstić information content (AvgIpc) is 2.53. The lowest BCUT2D eigenvalue weighted by molar-refractivity contribution is 0.0903. The molecule has 2 unspecified atom stereocenters. The molecule has 2 atom stereocenters. The van der Waals surface area contributed by atoms with Crippen molar-refractivity contribution < 1.29 is 5.11 Å². The van der Waals surface area contributed by atoms with E-state index in [1.54, 1.807) is 0 Å². The summed E-state index contributed by atoms with van der Waals surface area (Å²) in [6.07, 6.45) is 5.51. The van der Waals surface area contributed by atoms with Crippen molar-refractivity contribution in [1.82, 2.24) is 0 Å². The summed E-state index contributed by atoms with van der Waals surface area (Å²) in [6, 6.07) is 0. The fourth-order valence-electron chi connectivity index (χ4n) is 2.72. The predicted molar refractivity (Wildman–Crippen MR) is 57.9 cm³/mol. The molecule has 0 amide bonds. The molecule has 2 heteroatoms. The molecular weight excluding hydrogens is 180 g/mol. The number of hydrogen-bond donors (Lipinski definition) is 1. The zero-order valence-corrected chi connectivity index (χ0v) is 9.22. The van der Waals surface area contributed by atoms with Crippen LogP contribution in [0.25, 0.3) is 0 Å². The quantitative estimate of drug-likeness (QED) is 0.702. The maximum atomic E-state index is 9.79. The van der Waals surface area contributed by atoms with Gasteiger partial charge in [-0.25, -0.2) is 0 Å². The molecule has 2 rings (SSSR count). The first kappa shape index (κ1) is 9.85. The van der Waals surface area contributed by atoms with E-state index in [2.05, 4.69) is 6.92 Å². The number of hydrogen-bond acceptors (Lipinski definition) is 2. The topological polar surface area (TPSA) is 20.2 Å². The first-order valence-corrected chi connectivity index (χ1v) is 6.68. The van der Waals surface area contributed by atoms with Crippen molar-refractivity contribution in [3.05, 3.63) is 0 Å². The van der Waals surface area contributed by atoms with E-state index in [-0.39, 0.29) is 6.10 Å². The minimum Gasteiger partial charge on any atom is -0.392 e. The molecule has 2 aliphatic rings. The number of aliphatic hydroxyl groups is 1. The molecule has 0 spiro atoms. The summed E-state index contributed by atoms with van der Waals surface area (Å²) >= 11 is 1.93. The van der Waals surface area contributed by atoms with Crippen LogP contribution in [0.15, 0.2) is 0 Å². The highest BCUT2D eigenvalue weighted by atomic mass is 32.2. The summed E-state index contributed by atoms with van der Waals surface area (Å²) < 4.78 is 0. The second kappa shape index (κ2) is 4.22. The van der Waals surface area contributed by atoms with Gasteiger partial charge in [0.15, 0.2) is 0 Å². The molecule has 0 aromatic rings. The maximum absolute atomic E-state index is 9.79. The molecule has 0 radical (unpaired) electrons. The summed E-state index contributed by atoms with van der Waals surface area (Å²) in [5.74, 6) is 4.58. The van der Waals surface area contributed by atoms with Crippen LogP contribution in [0.1, 0.15) is 32.6 Å². The van der Waals surface area contributed by atoms with E-state index in [0.29, 0.717) is 5.92 Å². The first-order chi connectivity index (χ1) is 6.27. The third-order valence-electron chi connectivity index (χ3n) is 3.76. The smallest absolute Gasteiger partial charge is 0.0669 e. The van der Waals surface area contributed by atoms with Crippen LogP contribution in [-0.4, -0.2) is 22.7 Å². The monoisotopic (exact) mass is 200 g/mol. The van der Waals surface area contributed by atoms with Gasteiger partial charge in [-0.2, -0.15) is 11.8 Å². The van der Waals surface area contributed by atoms with Gasteiger partial charge in [0.1, 0.15) is 0 Å². The van der Waals surface area contributed by atoms with E-state index < -0.39 is 0 Å². The van der Waals surface area contributed by atoms with Gasteiger partial charge in [0.05, 0.1) is 6.10 Å². The molecule has 0 aromatic heterocycles. The SMILES string of the molecule is CC1CCC(C2CSCC2O)CC1. The van der Waals surface area contributed by atoms with Gasteiger partial charge in [0.2, 0.25) is 0 Å². The Labute approximate surface area is 85.3 Å². The Hall–Kier alpha value is 0.310. The average molecular weight is 200 g/mol. The van der Waals surface area contributed by atoms with Gasteiger partial charge in [-0.3, -0.25) is 0 Å². The molecule has 1 saturated carbocycles. The maximum Gasteiger partial charge on any atom is 0.0669 e. The zero-order valence-electron chi connectivity index (χ0n) is 8.41. The van der Waals surface area contributed by atoms with E-state index in [1.807, 2.05) is 11.8 Å². The minimum absolute atomic E-state index is 0.00315. The molecule has 1 aliphatic heterocycles. The van der Waals surface area contributed by atoms with Crippen molar-refractivity contribution in [3.63, 3.8) is 0 Å². The lowest BCUT2D eigenvalue weighted by Gasteiger charge is -2.31. The van der Waals surface area contributed by atoms with Crippen LogP contribution in [0.5, 0.6) is 0 Å². The molecule has 0 bridgehead atoms. The van der Waals surface area contributed by atoms with Crippen molar-refractivity contribution in [2.75, 3.05) is 11.5 Å². The molecule has 13 heavy (non-hydrogen) atoms. The van der Waals surface area contributed by atoms with Crippen molar-refractivity contribution in [3.8, 4) is 0 Å². The summed E-state index contributed by atoms with van der Waals surface area (Å²) in [5, 5.41) is 9.79. The lowest BCUT2D eigenvalue weighted by Crippen LogP contribution is -2.29. The van der Waals surface area contributed by atoms with Gasteiger partial charge in [0.25, 0.3) is 0 Å². The Bertz CT molecular complexity index is 163. The van der Waals surface area contributed by atoms with Crippen LogP contribution in [0.4, 0.5) is 0 Å². The Morgan fingerprint density at radius 2 is 1.77 bits per heavy atom. The van der Waals surface area contributed by atoms with Gasteiger partial charge in [0, 0.05) is 5.75 Å². The molecule has 0 aromatic carbocycles. The van der Waals surface area contributed by atoms with Crippen LogP contribution in [0.2, 0.25) is 0 Å². The minimum atomic E-state index is 0.00315. The van der Waals surface area contributed by atoms with Crippen molar-refractivity contribution in [2.45, 2.75) is 38.7 Å². The molecule has 1 heterocycles. The molecule has 76 valence electrons. The van der Waals surface area contributed by atoms with E-state index in [1.165, 1.54) is 31.4 Å². The first-order valence-electron chi connectivity index (χ1n) is 5.53. The summed E-state index contributed by atoms with van der Waals surface area (Å²) in [5.41, 5.74) is 0. The highest BCUT2D eigenvalue weighted by Gasteiger charge is 2.34. The van der Waals surface area contributed by atoms with Crippen LogP contribution in [0.3, 0.4) is 0 Å². The second-order valence-corrected chi connectivity index (χ2v) is 5.86. The second-order valence-electron chi connectivity index (χ2n) is 4.79. The standard InChI is InChI=1S/C11H20OS/c1-8-2-4-9(5-3-8)10-6-13-7-11(10)12/h8-12H,2-7H2,1H3. The number of aliphatic hydroxyl groups excluding tert-OH is 1. The van der Waals surface area contributed by atoms with E-state index in [9.17, 15) is 5.11 Å². The third-order valence-corrected chi connectivity index (χ3v) is 4.96. The zero-order chi connectivity index (χ0) is 9.26. The Balaban J connectivity index is 1.86. The largest absolute Gasteiger partial charge is 0.392 e. The Kier molecular flexibility index (Phi) is 3.20. The molecule has 1 nitrogen and oxygen atoms in total. The van der Waals surface area contributed by atoms with Crippen molar-refractivity contribution in [2.24, 2.45) is 17.8 Å². The fourth-order valence-corrected chi connectivity index (χ4v) is 4.12. The molecule has 1 saturated heterocycles. The van der Waals surface area contributed by atoms with Gasteiger partial charge < -0.3 is 5.11 Å². The molecular formula is C11H20OS. The summed E-state index contributed by atoms with van der Waals surface area (Å²) in [6.45, 7) is 2.36. The van der Waals surface area contributed by atoms with Gasteiger partial charge in [-0.15, -0.1) is 0 Å². The van der Waals surface area contributed by atoms with Crippen LogP contribution in [-0.2, 0) is 0 Å². The Morgan fingerprint density at radius 3 is 2.31 bits per heavy atom. The van der Waals surface area contributed by atoms with Gasteiger partial charge in [-0.05, 0) is 36.3 Å². The van der Waals surface area contributed by atoms with Crippen molar-refractivity contribution in [1.29, 1.82) is 0 Å². The summed E-state index contributed by atoms with van der Waals surface area (Å²) in [7, 11) is 0. The van der Waals surface area contributed by atoms with Crippen molar-refractivity contribution >= 4 is 11.8 Å². The molecule has 1 N–H and O–H groups in total. The van der Waals surface area contributed by atoms with Gasteiger partial charge >= 0.3 is 0 Å². The molecule has 1 aliphatic carbocycles. The van der Waals surface area contributed by atoms with Crippen LogP contribution in [0, 0.1) is 17.8 Å². The normalized spacial score (nSPS) is 46.6. The van der Waals surface area contributed by atoms with E-state index in [0.717, 1.165) is 17.6 Å². The van der Waals surface area contributed by atoms with Crippen LogP contribution < -0.4 is 0 Å². The lowest BCUT2D eigenvalue weighted by atomic mass is 9.75. The fraction of sp³-hybridized carbons (Fsp3) is 1.00. The van der Waals surface area contributed by atoms with Crippen LogP contribution >= 0.6 is 11.8 Å². The highest BCUT2D eigenvalue weighted by Crippen LogP contribution is 2.39.